The minimum atomic E-state index is -0.277. The summed E-state index contributed by atoms with van der Waals surface area (Å²) in [5.41, 5.74) is 4.06. The van der Waals surface area contributed by atoms with E-state index >= 15 is 0 Å². The zero-order valence-corrected chi connectivity index (χ0v) is 12.5. The average molecular weight is 249 g/mol. The molecule has 18 heavy (non-hydrogen) atoms. The summed E-state index contributed by atoms with van der Waals surface area (Å²) in [4.78, 5) is 0. The monoisotopic (exact) mass is 249 g/mol. The van der Waals surface area contributed by atoms with Crippen LogP contribution < -0.4 is 0 Å². The van der Waals surface area contributed by atoms with Gasteiger partial charge in [0.1, 0.15) is 0 Å². The highest BCUT2D eigenvalue weighted by molar-refractivity contribution is 5.33. The van der Waals surface area contributed by atoms with Crippen LogP contribution in [0.25, 0.3) is 0 Å². The van der Waals surface area contributed by atoms with Crippen LogP contribution in [0.2, 0.25) is 0 Å². The molecule has 102 valence electrons. The molecule has 0 bridgehead atoms. The largest absolute Gasteiger partial charge is 0.388 e. The number of aliphatic hydroxyl groups is 1. The molecule has 1 aromatic heterocycles. The van der Waals surface area contributed by atoms with Gasteiger partial charge in [-0.25, -0.2) is 0 Å². The second-order valence-corrected chi connectivity index (χ2v) is 6.87. The second kappa shape index (κ2) is 4.73. The molecule has 0 radical (unpaired) electrons. The van der Waals surface area contributed by atoms with Crippen LogP contribution in [0.3, 0.4) is 0 Å². The molecule has 0 spiro atoms. The lowest BCUT2D eigenvalue weighted by Gasteiger charge is -2.34. The SMILES string of the molecule is CCC(C)Cn1c(C)cc2c1CC(C)(C)CC2O. The van der Waals surface area contributed by atoms with E-state index in [2.05, 4.69) is 45.3 Å². The lowest BCUT2D eigenvalue weighted by Crippen LogP contribution is -2.27. The normalized spacial score (nSPS) is 23.8. The number of aryl methyl sites for hydroxylation is 1. The van der Waals surface area contributed by atoms with Crippen LogP contribution in [0.1, 0.15) is 63.6 Å². The second-order valence-electron chi connectivity index (χ2n) is 6.87. The Kier molecular flexibility index (Phi) is 3.59. The van der Waals surface area contributed by atoms with Gasteiger partial charge in [-0.05, 0) is 37.2 Å². The van der Waals surface area contributed by atoms with Crippen LogP contribution in [-0.4, -0.2) is 9.67 Å². The minimum absolute atomic E-state index is 0.213. The maximum absolute atomic E-state index is 10.3. The molecule has 2 atom stereocenters. The zero-order chi connectivity index (χ0) is 13.5. The van der Waals surface area contributed by atoms with Crippen molar-refractivity contribution in [3.05, 3.63) is 23.0 Å². The molecule has 0 saturated heterocycles. The molecule has 1 aliphatic carbocycles. The highest BCUT2D eigenvalue weighted by Crippen LogP contribution is 2.42. The average Bonchev–Trinajstić information content (AvgIpc) is 2.55. The Hall–Kier alpha value is -0.760. The molecule has 0 saturated carbocycles. The third-order valence-electron chi connectivity index (χ3n) is 4.39. The van der Waals surface area contributed by atoms with E-state index in [1.807, 2.05) is 0 Å². The van der Waals surface area contributed by atoms with Crippen LogP contribution in [0.4, 0.5) is 0 Å². The highest BCUT2D eigenvalue weighted by atomic mass is 16.3. The quantitative estimate of drug-likeness (QED) is 0.865. The number of rotatable bonds is 3. The molecule has 2 nitrogen and oxygen atoms in total. The molecule has 2 rings (SSSR count). The Morgan fingerprint density at radius 1 is 1.50 bits per heavy atom. The maximum atomic E-state index is 10.3. The molecular weight excluding hydrogens is 222 g/mol. The van der Waals surface area contributed by atoms with Crippen molar-refractivity contribution in [2.24, 2.45) is 11.3 Å². The molecule has 2 unspecified atom stereocenters. The predicted octanol–water partition coefficient (Wildman–Crippen LogP) is 3.85. The Morgan fingerprint density at radius 2 is 2.17 bits per heavy atom. The molecule has 1 aliphatic rings. The van der Waals surface area contributed by atoms with Gasteiger partial charge in [-0.15, -0.1) is 0 Å². The number of hydrogen-bond donors (Lipinski definition) is 1. The summed E-state index contributed by atoms with van der Waals surface area (Å²) in [6.07, 6.45) is 2.90. The summed E-state index contributed by atoms with van der Waals surface area (Å²) < 4.78 is 2.44. The van der Waals surface area contributed by atoms with Crippen molar-refractivity contribution in [3.63, 3.8) is 0 Å². The standard InChI is InChI=1S/C16H27NO/c1-6-11(2)10-17-12(3)7-13-14(17)8-16(4,5)9-15(13)18/h7,11,15,18H,6,8-10H2,1-5H3. The topological polar surface area (TPSA) is 25.2 Å². The highest BCUT2D eigenvalue weighted by Gasteiger charge is 2.34. The maximum Gasteiger partial charge on any atom is 0.0812 e. The molecular formula is C16H27NO. The van der Waals surface area contributed by atoms with E-state index in [1.165, 1.54) is 23.4 Å². The summed E-state index contributed by atoms with van der Waals surface area (Å²) in [5.74, 6) is 0.697. The fraction of sp³-hybridized carbons (Fsp3) is 0.750. The predicted molar refractivity (Wildman–Crippen MR) is 75.7 cm³/mol. The third-order valence-corrected chi connectivity index (χ3v) is 4.39. The van der Waals surface area contributed by atoms with Gasteiger partial charge in [-0.3, -0.25) is 0 Å². The lowest BCUT2D eigenvalue weighted by atomic mass is 9.75. The molecule has 1 aromatic rings. The fourth-order valence-corrected chi connectivity index (χ4v) is 3.09. The Labute approximate surface area is 111 Å². The molecule has 1 N–H and O–H groups in total. The van der Waals surface area contributed by atoms with Crippen molar-refractivity contribution in [2.75, 3.05) is 0 Å². The van der Waals surface area contributed by atoms with Gasteiger partial charge in [0.05, 0.1) is 6.10 Å². The van der Waals surface area contributed by atoms with E-state index in [0.29, 0.717) is 5.92 Å². The number of aromatic nitrogens is 1. The van der Waals surface area contributed by atoms with Crippen molar-refractivity contribution >= 4 is 0 Å². The first kappa shape index (κ1) is 13.7. The first-order valence-electron chi connectivity index (χ1n) is 7.21. The molecule has 1 heterocycles. The van der Waals surface area contributed by atoms with Crippen molar-refractivity contribution in [1.82, 2.24) is 4.57 Å². The number of hydrogen-bond acceptors (Lipinski definition) is 1. The van der Waals surface area contributed by atoms with E-state index in [1.54, 1.807) is 0 Å². The summed E-state index contributed by atoms with van der Waals surface area (Å²) in [6.45, 7) is 12.3. The van der Waals surface area contributed by atoms with Crippen molar-refractivity contribution in [3.8, 4) is 0 Å². The molecule has 0 amide bonds. The van der Waals surface area contributed by atoms with Crippen molar-refractivity contribution in [1.29, 1.82) is 0 Å². The van der Waals surface area contributed by atoms with E-state index in [-0.39, 0.29) is 11.5 Å². The van der Waals surface area contributed by atoms with E-state index < -0.39 is 0 Å². The molecule has 0 fully saturated rings. The number of nitrogens with zero attached hydrogens (tertiary/aromatic N) is 1. The van der Waals surface area contributed by atoms with Gasteiger partial charge in [0, 0.05) is 23.5 Å². The van der Waals surface area contributed by atoms with Crippen LogP contribution in [0.15, 0.2) is 6.07 Å². The molecule has 0 aliphatic heterocycles. The van der Waals surface area contributed by atoms with Crippen LogP contribution in [0, 0.1) is 18.3 Å². The van der Waals surface area contributed by atoms with Gasteiger partial charge < -0.3 is 9.67 Å². The van der Waals surface area contributed by atoms with E-state index in [9.17, 15) is 5.11 Å². The molecule has 0 aromatic carbocycles. The van der Waals surface area contributed by atoms with E-state index in [0.717, 1.165) is 19.4 Å². The Bertz CT molecular complexity index is 431. The van der Waals surface area contributed by atoms with Crippen LogP contribution in [-0.2, 0) is 13.0 Å². The Balaban J connectivity index is 2.38. The minimum Gasteiger partial charge on any atom is -0.388 e. The van der Waals surface area contributed by atoms with Crippen LogP contribution >= 0.6 is 0 Å². The number of aliphatic hydroxyl groups excluding tert-OH is 1. The summed E-state index contributed by atoms with van der Waals surface area (Å²) in [6, 6.07) is 2.19. The lowest BCUT2D eigenvalue weighted by molar-refractivity contribution is 0.0977. The molecule has 2 heteroatoms. The van der Waals surface area contributed by atoms with Gasteiger partial charge in [0.15, 0.2) is 0 Å². The van der Waals surface area contributed by atoms with Gasteiger partial charge >= 0.3 is 0 Å². The van der Waals surface area contributed by atoms with Crippen LogP contribution in [0.5, 0.6) is 0 Å². The van der Waals surface area contributed by atoms with Crippen molar-refractivity contribution < 1.29 is 5.11 Å². The first-order valence-corrected chi connectivity index (χ1v) is 7.21. The summed E-state index contributed by atoms with van der Waals surface area (Å²) >= 11 is 0. The van der Waals surface area contributed by atoms with Gasteiger partial charge in [-0.1, -0.05) is 34.1 Å². The van der Waals surface area contributed by atoms with Crippen molar-refractivity contribution in [2.45, 2.75) is 66.5 Å². The Morgan fingerprint density at radius 3 is 2.78 bits per heavy atom. The van der Waals surface area contributed by atoms with Gasteiger partial charge in [0.25, 0.3) is 0 Å². The third kappa shape index (κ3) is 2.49. The summed E-state index contributed by atoms with van der Waals surface area (Å²) in [7, 11) is 0. The fourth-order valence-electron chi connectivity index (χ4n) is 3.09. The first-order chi connectivity index (χ1) is 8.34. The van der Waals surface area contributed by atoms with E-state index in [4.69, 9.17) is 0 Å². The summed E-state index contributed by atoms with van der Waals surface area (Å²) in [5, 5.41) is 10.3. The smallest absolute Gasteiger partial charge is 0.0812 e. The van der Waals surface area contributed by atoms with Gasteiger partial charge in [0.2, 0.25) is 0 Å². The van der Waals surface area contributed by atoms with Gasteiger partial charge in [-0.2, -0.15) is 0 Å². The zero-order valence-electron chi connectivity index (χ0n) is 12.5. The number of fused-ring (bicyclic) bond motifs is 1.